The van der Waals surface area contributed by atoms with Gasteiger partial charge < -0.3 is 15.2 Å². The summed E-state index contributed by atoms with van der Waals surface area (Å²) in [6.45, 7) is -3.26. The van der Waals surface area contributed by atoms with Crippen LogP contribution in [0.3, 0.4) is 0 Å². The van der Waals surface area contributed by atoms with Crippen molar-refractivity contribution in [1.29, 1.82) is 5.26 Å². The molecule has 0 saturated carbocycles. The Labute approximate surface area is 102 Å². The van der Waals surface area contributed by atoms with E-state index in [0.29, 0.717) is 0 Å². The van der Waals surface area contributed by atoms with E-state index in [1.807, 2.05) is 0 Å². The standard InChI is InChI=1S/C11H10F2N2O3/c1-17-10(16)8-3-6(4-14)2-7(5-15)9(8)18-11(12)13/h2-3,11H,5,15H2,1H3. The maximum absolute atomic E-state index is 12.3. The van der Waals surface area contributed by atoms with Crippen molar-refractivity contribution in [2.45, 2.75) is 13.2 Å². The molecule has 1 rings (SSSR count). The number of methoxy groups -OCH3 is 1. The predicted octanol–water partition coefficient (Wildman–Crippen LogP) is 1.40. The average molecular weight is 256 g/mol. The molecule has 0 aromatic heterocycles. The van der Waals surface area contributed by atoms with Gasteiger partial charge in [-0.2, -0.15) is 14.0 Å². The number of rotatable bonds is 4. The Morgan fingerprint density at radius 1 is 1.56 bits per heavy atom. The molecule has 0 radical (unpaired) electrons. The van der Waals surface area contributed by atoms with Crippen LogP contribution in [0.1, 0.15) is 21.5 Å². The van der Waals surface area contributed by atoms with Crippen LogP contribution in [0.15, 0.2) is 12.1 Å². The van der Waals surface area contributed by atoms with Crippen molar-refractivity contribution in [3.8, 4) is 11.8 Å². The fourth-order valence-corrected chi connectivity index (χ4v) is 1.39. The predicted molar refractivity (Wildman–Crippen MR) is 57.0 cm³/mol. The van der Waals surface area contributed by atoms with E-state index in [1.165, 1.54) is 6.07 Å². The van der Waals surface area contributed by atoms with E-state index in [9.17, 15) is 13.6 Å². The van der Waals surface area contributed by atoms with Crippen LogP contribution in [0.4, 0.5) is 8.78 Å². The van der Waals surface area contributed by atoms with Crippen molar-refractivity contribution in [1.82, 2.24) is 0 Å². The first-order valence-electron chi connectivity index (χ1n) is 4.83. The van der Waals surface area contributed by atoms with E-state index in [-0.39, 0.29) is 29.0 Å². The number of alkyl halides is 2. The molecule has 7 heteroatoms. The van der Waals surface area contributed by atoms with Crippen LogP contribution >= 0.6 is 0 Å². The number of carbonyl (C=O) groups excluding carboxylic acids is 1. The molecule has 18 heavy (non-hydrogen) atoms. The lowest BCUT2D eigenvalue weighted by molar-refractivity contribution is -0.0510. The lowest BCUT2D eigenvalue weighted by Gasteiger charge is -2.13. The third-order valence-corrected chi connectivity index (χ3v) is 2.13. The number of ether oxygens (including phenoxy) is 2. The molecule has 0 amide bonds. The van der Waals surface area contributed by atoms with Crippen molar-refractivity contribution < 1.29 is 23.0 Å². The van der Waals surface area contributed by atoms with Gasteiger partial charge in [-0.1, -0.05) is 0 Å². The molecule has 0 bridgehead atoms. The first kappa shape index (κ1) is 13.9. The second kappa shape index (κ2) is 5.93. The number of nitrogens with zero attached hydrogens (tertiary/aromatic N) is 1. The Kier molecular flexibility index (Phi) is 4.57. The lowest BCUT2D eigenvalue weighted by Crippen LogP contribution is -2.13. The highest BCUT2D eigenvalue weighted by Gasteiger charge is 2.21. The summed E-state index contributed by atoms with van der Waals surface area (Å²) in [5.41, 5.74) is 5.36. The molecular formula is C11H10F2N2O3. The van der Waals surface area contributed by atoms with Gasteiger partial charge in [0.1, 0.15) is 11.3 Å². The second-order valence-corrected chi connectivity index (χ2v) is 3.20. The topological polar surface area (TPSA) is 85.3 Å². The summed E-state index contributed by atoms with van der Waals surface area (Å²) in [4.78, 5) is 11.5. The number of nitriles is 1. The Morgan fingerprint density at radius 3 is 2.67 bits per heavy atom. The van der Waals surface area contributed by atoms with E-state index < -0.39 is 12.6 Å². The maximum Gasteiger partial charge on any atom is 0.387 e. The van der Waals surface area contributed by atoms with Gasteiger partial charge in [0.2, 0.25) is 0 Å². The van der Waals surface area contributed by atoms with Gasteiger partial charge in [0.05, 0.1) is 18.7 Å². The van der Waals surface area contributed by atoms with Gasteiger partial charge >= 0.3 is 12.6 Å². The van der Waals surface area contributed by atoms with E-state index in [0.717, 1.165) is 13.2 Å². The van der Waals surface area contributed by atoms with Crippen LogP contribution in [0, 0.1) is 11.3 Å². The Hall–Kier alpha value is -2.20. The number of benzene rings is 1. The highest BCUT2D eigenvalue weighted by molar-refractivity contribution is 5.93. The fourth-order valence-electron chi connectivity index (χ4n) is 1.39. The number of carbonyl (C=O) groups is 1. The highest BCUT2D eigenvalue weighted by atomic mass is 19.3. The van der Waals surface area contributed by atoms with Gasteiger partial charge in [-0.25, -0.2) is 4.79 Å². The van der Waals surface area contributed by atoms with Crippen molar-refractivity contribution in [2.75, 3.05) is 7.11 Å². The Morgan fingerprint density at radius 2 is 2.22 bits per heavy atom. The quantitative estimate of drug-likeness (QED) is 0.823. The Balaban J connectivity index is 3.42. The summed E-state index contributed by atoms with van der Waals surface area (Å²) in [6.07, 6.45) is 0. The number of halogens is 2. The van der Waals surface area contributed by atoms with Gasteiger partial charge in [-0.3, -0.25) is 0 Å². The Bertz CT molecular complexity index is 498. The molecule has 0 spiro atoms. The van der Waals surface area contributed by atoms with Gasteiger partial charge in [0.15, 0.2) is 0 Å². The second-order valence-electron chi connectivity index (χ2n) is 3.20. The van der Waals surface area contributed by atoms with E-state index in [4.69, 9.17) is 11.0 Å². The lowest BCUT2D eigenvalue weighted by atomic mass is 10.0. The van der Waals surface area contributed by atoms with Crippen molar-refractivity contribution >= 4 is 5.97 Å². The molecule has 0 heterocycles. The number of esters is 1. The minimum atomic E-state index is -3.10. The van der Waals surface area contributed by atoms with E-state index >= 15 is 0 Å². The van der Waals surface area contributed by atoms with Crippen LogP contribution in [0.25, 0.3) is 0 Å². The summed E-state index contributed by atoms with van der Waals surface area (Å²) in [5.74, 6) is -1.24. The summed E-state index contributed by atoms with van der Waals surface area (Å²) in [5, 5.41) is 8.78. The van der Waals surface area contributed by atoms with Gasteiger partial charge in [0, 0.05) is 12.1 Å². The van der Waals surface area contributed by atoms with E-state index in [2.05, 4.69) is 9.47 Å². The zero-order valence-electron chi connectivity index (χ0n) is 9.44. The zero-order valence-corrected chi connectivity index (χ0v) is 9.44. The molecule has 0 fully saturated rings. The molecule has 1 aromatic carbocycles. The first-order valence-corrected chi connectivity index (χ1v) is 4.83. The van der Waals surface area contributed by atoms with Gasteiger partial charge in [-0.15, -0.1) is 0 Å². The average Bonchev–Trinajstić information content (AvgIpc) is 2.37. The van der Waals surface area contributed by atoms with Crippen LogP contribution < -0.4 is 10.5 Å². The third-order valence-electron chi connectivity index (χ3n) is 2.13. The minimum Gasteiger partial charge on any atom is -0.465 e. The molecule has 1 aromatic rings. The van der Waals surface area contributed by atoms with Crippen molar-refractivity contribution in [3.05, 3.63) is 28.8 Å². The normalized spacial score (nSPS) is 10.0. The molecule has 0 atom stereocenters. The summed E-state index contributed by atoms with van der Waals surface area (Å²) in [7, 11) is 1.09. The summed E-state index contributed by atoms with van der Waals surface area (Å²) in [6, 6.07) is 4.19. The van der Waals surface area contributed by atoms with Crippen LogP contribution in [0.2, 0.25) is 0 Å². The molecular weight excluding hydrogens is 246 g/mol. The van der Waals surface area contributed by atoms with Crippen LogP contribution in [0.5, 0.6) is 5.75 Å². The zero-order chi connectivity index (χ0) is 13.7. The van der Waals surface area contributed by atoms with Crippen molar-refractivity contribution in [2.24, 2.45) is 5.73 Å². The molecule has 0 aliphatic rings. The van der Waals surface area contributed by atoms with E-state index in [1.54, 1.807) is 6.07 Å². The number of hydrogen-bond donors (Lipinski definition) is 1. The minimum absolute atomic E-state index is 0.109. The molecule has 96 valence electrons. The number of nitrogens with two attached hydrogens (primary N) is 1. The van der Waals surface area contributed by atoms with Crippen molar-refractivity contribution in [3.63, 3.8) is 0 Å². The van der Waals surface area contributed by atoms with Crippen LogP contribution in [-0.4, -0.2) is 19.7 Å². The molecule has 0 saturated heterocycles. The monoisotopic (exact) mass is 256 g/mol. The molecule has 5 nitrogen and oxygen atoms in total. The van der Waals surface area contributed by atoms with Gasteiger partial charge in [-0.05, 0) is 12.1 Å². The summed E-state index contributed by atoms with van der Waals surface area (Å²) >= 11 is 0. The smallest absolute Gasteiger partial charge is 0.387 e. The SMILES string of the molecule is COC(=O)c1cc(C#N)cc(CN)c1OC(F)F. The molecule has 0 unspecified atom stereocenters. The summed E-state index contributed by atoms with van der Waals surface area (Å²) < 4.78 is 33.3. The maximum atomic E-state index is 12.3. The molecule has 0 aliphatic heterocycles. The molecule has 0 aliphatic carbocycles. The highest BCUT2D eigenvalue weighted by Crippen LogP contribution is 2.28. The number of hydrogen-bond acceptors (Lipinski definition) is 5. The van der Waals surface area contributed by atoms with Crippen LogP contribution in [-0.2, 0) is 11.3 Å². The fraction of sp³-hybridized carbons (Fsp3) is 0.273. The molecule has 2 N–H and O–H groups in total. The third kappa shape index (κ3) is 2.93. The largest absolute Gasteiger partial charge is 0.465 e. The van der Waals surface area contributed by atoms with Gasteiger partial charge in [0.25, 0.3) is 0 Å². The first-order chi connectivity index (χ1) is 8.53.